The van der Waals surface area contributed by atoms with E-state index in [0.717, 1.165) is 30.2 Å². The Kier molecular flexibility index (Phi) is 5.80. The van der Waals surface area contributed by atoms with Crippen LogP contribution in [-0.2, 0) is 21.1 Å². The third-order valence-electron chi connectivity index (χ3n) is 5.19. The Morgan fingerprint density at radius 1 is 1.36 bits per heavy atom. The minimum atomic E-state index is -3.01. The summed E-state index contributed by atoms with van der Waals surface area (Å²) in [7, 11) is -3.01. The first kappa shape index (κ1) is 19.9. The lowest BCUT2D eigenvalue weighted by Crippen LogP contribution is -2.42. The molecule has 1 amide bonds. The van der Waals surface area contributed by atoms with Crippen molar-refractivity contribution in [2.75, 3.05) is 23.8 Å². The summed E-state index contributed by atoms with van der Waals surface area (Å²) in [6.45, 7) is 2.43. The lowest BCUT2D eigenvalue weighted by atomic mass is 10.2. The van der Waals surface area contributed by atoms with Crippen molar-refractivity contribution in [1.82, 2.24) is 19.7 Å². The number of nitrogens with zero attached hydrogens (tertiary/aromatic N) is 4. The van der Waals surface area contributed by atoms with Crippen molar-refractivity contribution in [2.45, 2.75) is 49.8 Å². The van der Waals surface area contributed by atoms with E-state index in [-0.39, 0.29) is 29.2 Å². The number of aromatic nitrogens is 3. The summed E-state index contributed by atoms with van der Waals surface area (Å²) in [5.74, 6) is 1.44. The van der Waals surface area contributed by atoms with Crippen molar-refractivity contribution in [3.63, 3.8) is 0 Å². The molecule has 1 atom stereocenters. The zero-order chi connectivity index (χ0) is 19.7. The van der Waals surface area contributed by atoms with Crippen LogP contribution in [0.1, 0.15) is 42.9 Å². The van der Waals surface area contributed by atoms with Crippen molar-refractivity contribution in [3.05, 3.63) is 28.2 Å². The quantitative estimate of drug-likeness (QED) is 0.586. The first-order valence-electron chi connectivity index (χ1n) is 9.55. The van der Waals surface area contributed by atoms with Gasteiger partial charge in [0.1, 0.15) is 5.82 Å². The topological polar surface area (TPSA) is 85.2 Å². The maximum atomic E-state index is 12.8. The number of rotatable bonds is 8. The number of hydrogen-bond donors (Lipinski definition) is 0. The first-order valence-corrected chi connectivity index (χ1v) is 13.2. The van der Waals surface area contributed by atoms with Crippen molar-refractivity contribution in [2.24, 2.45) is 0 Å². The molecule has 2 aromatic rings. The first-order chi connectivity index (χ1) is 13.5. The molecule has 0 N–H and O–H groups in total. The smallest absolute Gasteiger partial charge is 0.233 e. The van der Waals surface area contributed by atoms with Gasteiger partial charge in [-0.3, -0.25) is 4.79 Å². The molecule has 152 valence electrons. The second kappa shape index (κ2) is 8.16. The van der Waals surface area contributed by atoms with Crippen LogP contribution in [-0.4, -0.2) is 63.8 Å². The molecule has 1 aliphatic carbocycles. The molecule has 3 heterocycles. The Balaban J connectivity index is 1.43. The van der Waals surface area contributed by atoms with Crippen LogP contribution in [0.25, 0.3) is 0 Å². The summed E-state index contributed by atoms with van der Waals surface area (Å²) in [5.41, 5.74) is 0. The van der Waals surface area contributed by atoms with E-state index in [4.69, 9.17) is 0 Å². The zero-order valence-corrected chi connectivity index (χ0v) is 18.2. The summed E-state index contributed by atoms with van der Waals surface area (Å²) in [6.07, 6.45) is 3.54. The van der Waals surface area contributed by atoms with Gasteiger partial charge in [-0.15, -0.1) is 21.5 Å². The van der Waals surface area contributed by atoms with Crippen molar-refractivity contribution < 1.29 is 13.2 Å². The molecular weight excluding hydrogens is 416 g/mol. The van der Waals surface area contributed by atoms with Crippen LogP contribution in [0.3, 0.4) is 0 Å². The van der Waals surface area contributed by atoms with Crippen molar-refractivity contribution in [3.8, 4) is 0 Å². The van der Waals surface area contributed by atoms with Crippen molar-refractivity contribution in [1.29, 1.82) is 0 Å². The fourth-order valence-corrected chi connectivity index (χ4v) is 7.01. The Bertz CT molecular complexity index is 935. The van der Waals surface area contributed by atoms with Crippen LogP contribution in [0.2, 0.25) is 0 Å². The van der Waals surface area contributed by atoms with Crippen LogP contribution in [0.4, 0.5) is 0 Å². The molecule has 7 nitrogen and oxygen atoms in total. The van der Waals surface area contributed by atoms with Gasteiger partial charge < -0.3 is 9.47 Å². The molecule has 0 bridgehead atoms. The number of amides is 1. The van der Waals surface area contributed by atoms with Crippen LogP contribution < -0.4 is 0 Å². The Labute approximate surface area is 173 Å². The second-order valence-corrected chi connectivity index (χ2v) is 11.5. The predicted molar refractivity (Wildman–Crippen MR) is 111 cm³/mol. The summed E-state index contributed by atoms with van der Waals surface area (Å²) in [6, 6.07) is 4.37. The van der Waals surface area contributed by atoms with Gasteiger partial charge in [-0.2, -0.15) is 0 Å². The number of thiophene rings is 1. The van der Waals surface area contributed by atoms with Crippen molar-refractivity contribution >= 4 is 38.8 Å². The minimum absolute atomic E-state index is 0.0280. The molecule has 2 aliphatic rings. The van der Waals surface area contributed by atoms with E-state index in [0.29, 0.717) is 19.0 Å². The van der Waals surface area contributed by atoms with Crippen LogP contribution in [0.15, 0.2) is 22.7 Å². The number of thioether (sulfide) groups is 1. The summed E-state index contributed by atoms with van der Waals surface area (Å²) < 4.78 is 25.7. The maximum absolute atomic E-state index is 12.8. The molecule has 2 aromatic heterocycles. The molecule has 0 radical (unpaired) electrons. The molecule has 1 saturated carbocycles. The molecule has 0 unspecified atom stereocenters. The highest BCUT2D eigenvalue weighted by Gasteiger charge is 2.34. The van der Waals surface area contributed by atoms with Crippen LogP contribution >= 0.6 is 23.1 Å². The molecule has 2 fully saturated rings. The van der Waals surface area contributed by atoms with Gasteiger partial charge in [-0.05, 0) is 37.6 Å². The van der Waals surface area contributed by atoms with E-state index in [9.17, 15) is 13.2 Å². The van der Waals surface area contributed by atoms with Crippen LogP contribution in [0.5, 0.6) is 0 Å². The number of sulfone groups is 1. The van der Waals surface area contributed by atoms with E-state index >= 15 is 0 Å². The van der Waals surface area contributed by atoms with E-state index < -0.39 is 9.84 Å². The predicted octanol–water partition coefficient (Wildman–Crippen LogP) is 2.39. The zero-order valence-electron chi connectivity index (χ0n) is 15.8. The highest BCUT2D eigenvalue weighted by molar-refractivity contribution is 7.99. The Hall–Kier alpha value is -1.39. The molecular formula is C18H24N4O3S3. The summed E-state index contributed by atoms with van der Waals surface area (Å²) in [4.78, 5) is 15.7. The number of carbonyl (C=O) groups is 1. The molecule has 0 spiro atoms. The monoisotopic (exact) mass is 440 g/mol. The van der Waals surface area contributed by atoms with Gasteiger partial charge in [0.25, 0.3) is 0 Å². The van der Waals surface area contributed by atoms with Gasteiger partial charge in [0.2, 0.25) is 5.91 Å². The number of carbonyl (C=O) groups excluding carboxylic acids is 1. The SMILES string of the molecule is CCN(C(=O)CSc1nnc(Cc2cccs2)n1C1CC1)[C@@H]1CCS(=O)(=O)C1. The maximum Gasteiger partial charge on any atom is 0.233 e. The lowest BCUT2D eigenvalue weighted by molar-refractivity contribution is -0.129. The van der Waals surface area contributed by atoms with Gasteiger partial charge >= 0.3 is 0 Å². The Morgan fingerprint density at radius 2 is 2.18 bits per heavy atom. The minimum Gasteiger partial charge on any atom is -0.338 e. The largest absolute Gasteiger partial charge is 0.338 e. The molecule has 4 rings (SSSR count). The van der Waals surface area contributed by atoms with Gasteiger partial charge in [0, 0.05) is 29.9 Å². The van der Waals surface area contributed by atoms with E-state index in [1.807, 2.05) is 13.0 Å². The summed E-state index contributed by atoms with van der Waals surface area (Å²) in [5, 5.41) is 11.6. The second-order valence-electron chi connectivity index (χ2n) is 7.28. The normalized spacial score (nSPS) is 21.1. The summed E-state index contributed by atoms with van der Waals surface area (Å²) >= 11 is 3.12. The Morgan fingerprint density at radius 3 is 2.79 bits per heavy atom. The standard InChI is InChI=1S/C18H24N4O3S3/c1-2-21(14-7-9-28(24,25)12-14)17(23)11-27-18-20-19-16(22(18)13-5-6-13)10-15-4-3-8-26-15/h3-4,8,13-14H,2,5-7,9-12H2,1H3/t14-/m1/s1. The van der Waals surface area contributed by atoms with Crippen LogP contribution in [0, 0.1) is 0 Å². The fraction of sp³-hybridized carbons (Fsp3) is 0.611. The van der Waals surface area contributed by atoms with Gasteiger partial charge in [-0.25, -0.2) is 8.42 Å². The molecule has 1 saturated heterocycles. The number of hydrogen-bond acceptors (Lipinski definition) is 7. The molecule has 28 heavy (non-hydrogen) atoms. The van der Waals surface area contributed by atoms with E-state index in [2.05, 4.69) is 26.2 Å². The molecule has 10 heteroatoms. The third-order valence-corrected chi connectivity index (χ3v) is 8.75. The molecule has 1 aliphatic heterocycles. The lowest BCUT2D eigenvalue weighted by Gasteiger charge is -2.26. The van der Waals surface area contributed by atoms with E-state index in [1.165, 1.54) is 16.6 Å². The van der Waals surface area contributed by atoms with Gasteiger partial charge in [-0.1, -0.05) is 17.8 Å². The third kappa shape index (κ3) is 4.44. The highest BCUT2D eigenvalue weighted by atomic mass is 32.2. The average Bonchev–Trinajstić information content (AvgIpc) is 3.04. The molecule has 0 aromatic carbocycles. The fourth-order valence-electron chi connectivity index (χ4n) is 3.66. The van der Waals surface area contributed by atoms with Gasteiger partial charge in [0.15, 0.2) is 15.0 Å². The highest BCUT2D eigenvalue weighted by Crippen LogP contribution is 2.39. The van der Waals surface area contributed by atoms with E-state index in [1.54, 1.807) is 16.2 Å². The van der Waals surface area contributed by atoms with Gasteiger partial charge in [0.05, 0.1) is 17.3 Å². The average molecular weight is 441 g/mol.